The molecule has 2 N–H and O–H groups in total. The molecule has 5 rings (SSSR count). The molecule has 0 aliphatic rings. The molecular formula is C41H52N8O3. The first kappa shape index (κ1) is 39.3. The minimum absolute atomic E-state index is 0.117. The summed E-state index contributed by atoms with van der Waals surface area (Å²) in [5, 5.41) is 6.99. The fourth-order valence-electron chi connectivity index (χ4n) is 5.63. The molecule has 3 aromatic heterocycles. The molecule has 0 aliphatic carbocycles. The quantitative estimate of drug-likeness (QED) is 0.125. The van der Waals surface area contributed by atoms with Crippen molar-refractivity contribution in [2.75, 3.05) is 72.1 Å². The molecule has 2 aromatic carbocycles. The minimum atomic E-state index is -0.220. The van der Waals surface area contributed by atoms with Crippen LogP contribution in [0.2, 0.25) is 0 Å². The zero-order chi connectivity index (χ0) is 37.6. The second kappa shape index (κ2) is 19.2. The summed E-state index contributed by atoms with van der Waals surface area (Å²) in [7, 11) is 13.8. The van der Waals surface area contributed by atoms with Crippen molar-refractivity contribution in [2.24, 2.45) is 14.1 Å². The van der Waals surface area contributed by atoms with Crippen molar-refractivity contribution in [3.05, 3.63) is 113 Å². The SMILES string of the molecule is CNc1cc(C(=O)N(CCCN(C)C)CCCN(C)C)n(C)c1.Cn1cc(NC(=O)c2ccc(/C=C/c3cnc4ccccc4c3)cc2)cc1C=O. The van der Waals surface area contributed by atoms with Gasteiger partial charge in [-0.15, -0.1) is 0 Å². The standard InChI is InChI=1S/C24H19N3O2.C17H33N5O/c1-27-15-21(13-22(27)16-28)26-24(29)19-10-8-17(9-11-19)6-7-18-12-20-4-2-3-5-23(20)25-14-18;1-18-15-13-16(21(6)14-15)17(23)22(11-7-9-19(2)3)12-8-10-20(4)5/h2-16H,1H3,(H,26,29);13-14,18H,7-12H2,1-6H3/b7-6+;. The third-order valence-corrected chi connectivity index (χ3v) is 8.54. The Hall–Kier alpha value is -5.52. The molecule has 11 nitrogen and oxygen atoms in total. The number of hydrogen-bond acceptors (Lipinski definition) is 7. The smallest absolute Gasteiger partial charge is 0.270 e. The number of benzene rings is 2. The van der Waals surface area contributed by atoms with Gasteiger partial charge >= 0.3 is 0 Å². The number of rotatable bonds is 15. The first-order chi connectivity index (χ1) is 25.0. The molecule has 0 unspecified atom stereocenters. The van der Waals surface area contributed by atoms with Gasteiger partial charge in [0.2, 0.25) is 0 Å². The fraction of sp³-hybridized carbons (Fsp3) is 0.317. The van der Waals surface area contributed by atoms with Crippen molar-refractivity contribution >= 4 is 52.5 Å². The van der Waals surface area contributed by atoms with Crippen LogP contribution in [0.15, 0.2) is 85.3 Å². The van der Waals surface area contributed by atoms with E-state index >= 15 is 0 Å². The van der Waals surface area contributed by atoms with Crippen LogP contribution in [-0.2, 0) is 14.1 Å². The number of nitrogens with one attached hydrogen (secondary N) is 2. The maximum absolute atomic E-state index is 12.9. The van der Waals surface area contributed by atoms with Gasteiger partial charge in [-0.1, -0.05) is 42.5 Å². The van der Waals surface area contributed by atoms with Gasteiger partial charge in [-0.05, 0) is 102 Å². The third kappa shape index (κ3) is 11.5. The van der Waals surface area contributed by atoms with Gasteiger partial charge in [0.1, 0.15) is 5.69 Å². The van der Waals surface area contributed by atoms with Gasteiger partial charge in [0.25, 0.3) is 11.8 Å². The first-order valence-electron chi connectivity index (χ1n) is 17.5. The maximum Gasteiger partial charge on any atom is 0.270 e. The molecule has 0 radical (unpaired) electrons. The Balaban J connectivity index is 0.000000240. The Kier molecular flexibility index (Phi) is 14.5. The lowest BCUT2D eigenvalue weighted by atomic mass is 10.1. The summed E-state index contributed by atoms with van der Waals surface area (Å²) in [6.07, 6.45) is 12.2. The molecule has 0 bridgehead atoms. The van der Waals surface area contributed by atoms with Crippen LogP contribution in [0.4, 0.5) is 11.4 Å². The highest BCUT2D eigenvalue weighted by Crippen LogP contribution is 2.18. The number of nitrogens with zero attached hydrogens (tertiary/aromatic N) is 6. The molecule has 0 atom stereocenters. The Morgan fingerprint density at radius 2 is 1.40 bits per heavy atom. The molecular weight excluding hydrogens is 653 g/mol. The lowest BCUT2D eigenvalue weighted by Crippen LogP contribution is -2.36. The van der Waals surface area contributed by atoms with Crippen LogP contribution in [0.25, 0.3) is 23.1 Å². The number of para-hydroxylation sites is 1. The minimum Gasteiger partial charge on any atom is -0.387 e. The number of carbonyl (C=O) groups is 3. The third-order valence-electron chi connectivity index (χ3n) is 8.54. The molecule has 274 valence electrons. The molecule has 5 aromatic rings. The summed E-state index contributed by atoms with van der Waals surface area (Å²) in [5.41, 5.74) is 6.32. The first-order valence-corrected chi connectivity index (χ1v) is 17.5. The van der Waals surface area contributed by atoms with Crippen LogP contribution in [0.3, 0.4) is 0 Å². The highest BCUT2D eigenvalue weighted by molar-refractivity contribution is 6.04. The lowest BCUT2D eigenvalue weighted by Gasteiger charge is -2.24. The Morgan fingerprint density at radius 1 is 0.769 bits per heavy atom. The molecule has 0 saturated heterocycles. The van der Waals surface area contributed by atoms with Crippen molar-refractivity contribution in [1.82, 2.24) is 28.8 Å². The molecule has 0 fully saturated rings. The van der Waals surface area contributed by atoms with E-state index in [-0.39, 0.29) is 11.8 Å². The second-order valence-corrected chi connectivity index (χ2v) is 13.3. The topological polar surface area (TPSA) is 108 Å². The summed E-state index contributed by atoms with van der Waals surface area (Å²) >= 11 is 0. The summed E-state index contributed by atoms with van der Waals surface area (Å²) < 4.78 is 3.57. The number of amides is 2. The van der Waals surface area contributed by atoms with Gasteiger partial charge in [0.15, 0.2) is 6.29 Å². The van der Waals surface area contributed by atoms with Crippen molar-refractivity contribution in [1.29, 1.82) is 0 Å². The van der Waals surface area contributed by atoms with Crippen molar-refractivity contribution in [3.8, 4) is 0 Å². The van der Waals surface area contributed by atoms with E-state index in [0.29, 0.717) is 16.9 Å². The number of carbonyl (C=O) groups excluding carboxylic acids is 3. The number of pyridine rings is 1. The van der Waals surface area contributed by atoms with E-state index < -0.39 is 0 Å². The van der Waals surface area contributed by atoms with Crippen LogP contribution in [0, 0.1) is 0 Å². The number of aromatic nitrogens is 3. The van der Waals surface area contributed by atoms with E-state index in [9.17, 15) is 14.4 Å². The van der Waals surface area contributed by atoms with E-state index in [0.717, 1.165) is 78.7 Å². The molecule has 0 aliphatic heterocycles. The Morgan fingerprint density at radius 3 is 2.00 bits per heavy atom. The highest BCUT2D eigenvalue weighted by atomic mass is 16.2. The molecule has 11 heteroatoms. The average molecular weight is 705 g/mol. The average Bonchev–Trinajstić information content (AvgIpc) is 3.70. The predicted molar refractivity (Wildman–Crippen MR) is 213 cm³/mol. The molecule has 0 saturated carbocycles. The number of anilines is 2. The van der Waals surface area contributed by atoms with Crippen molar-refractivity contribution in [3.63, 3.8) is 0 Å². The van der Waals surface area contributed by atoms with Crippen LogP contribution < -0.4 is 10.6 Å². The number of aryl methyl sites for hydroxylation is 2. The van der Waals surface area contributed by atoms with Crippen LogP contribution in [-0.4, -0.2) is 108 Å². The number of fused-ring (bicyclic) bond motifs is 1. The molecule has 3 heterocycles. The summed E-state index contributed by atoms with van der Waals surface area (Å²) in [4.78, 5) is 47.0. The largest absolute Gasteiger partial charge is 0.387 e. The summed E-state index contributed by atoms with van der Waals surface area (Å²) in [5.74, 6) is -0.103. The van der Waals surface area contributed by atoms with Crippen molar-refractivity contribution in [2.45, 2.75) is 12.8 Å². The number of hydrogen-bond donors (Lipinski definition) is 2. The fourth-order valence-corrected chi connectivity index (χ4v) is 5.63. The van der Waals surface area contributed by atoms with Crippen molar-refractivity contribution < 1.29 is 14.4 Å². The van der Waals surface area contributed by atoms with E-state index in [1.54, 1.807) is 36.0 Å². The van der Waals surface area contributed by atoms with Gasteiger partial charge in [-0.2, -0.15) is 0 Å². The summed E-state index contributed by atoms with van der Waals surface area (Å²) in [6, 6.07) is 21.0. The molecule has 52 heavy (non-hydrogen) atoms. The van der Waals surface area contributed by atoms with Gasteiger partial charge in [0, 0.05) is 63.8 Å². The second-order valence-electron chi connectivity index (χ2n) is 13.3. The monoisotopic (exact) mass is 704 g/mol. The predicted octanol–water partition coefficient (Wildman–Crippen LogP) is 6.22. The van der Waals surface area contributed by atoms with Gasteiger partial charge < -0.3 is 34.5 Å². The maximum atomic E-state index is 12.9. The number of aldehydes is 1. The lowest BCUT2D eigenvalue weighted by molar-refractivity contribution is 0.0735. The van der Waals surface area contributed by atoms with Crippen LogP contribution in [0.1, 0.15) is 55.3 Å². The van der Waals surface area contributed by atoms with E-state index in [1.165, 1.54) is 0 Å². The van der Waals surface area contributed by atoms with Gasteiger partial charge in [0.05, 0.1) is 22.6 Å². The van der Waals surface area contributed by atoms with Crippen LogP contribution >= 0.6 is 0 Å². The van der Waals surface area contributed by atoms with Crippen LogP contribution in [0.5, 0.6) is 0 Å². The Labute approximate surface area is 307 Å². The normalized spacial score (nSPS) is 11.2. The molecule has 2 amide bonds. The zero-order valence-electron chi connectivity index (χ0n) is 31.5. The van der Waals surface area contributed by atoms with Gasteiger partial charge in [-0.25, -0.2) is 0 Å². The zero-order valence-corrected chi connectivity index (χ0v) is 31.5. The molecule has 0 spiro atoms. The van der Waals surface area contributed by atoms with E-state index in [4.69, 9.17) is 0 Å². The highest BCUT2D eigenvalue weighted by Gasteiger charge is 2.19. The van der Waals surface area contributed by atoms with E-state index in [2.05, 4.69) is 59.7 Å². The van der Waals surface area contributed by atoms with E-state index in [1.807, 2.05) is 90.6 Å². The Bertz CT molecular complexity index is 1940. The summed E-state index contributed by atoms with van der Waals surface area (Å²) in [6.45, 7) is 3.58. The van der Waals surface area contributed by atoms with Gasteiger partial charge in [-0.3, -0.25) is 19.4 Å².